The summed E-state index contributed by atoms with van der Waals surface area (Å²) in [4.78, 5) is 43.3. The van der Waals surface area contributed by atoms with Crippen LogP contribution in [0.15, 0.2) is 134 Å². The number of aromatic nitrogens is 6. The molecule has 0 spiro atoms. The minimum Gasteiger partial charge on any atom is -0.423 e. The fourth-order valence-corrected chi connectivity index (χ4v) is 10.8. The summed E-state index contributed by atoms with van der Waals surface area (Å²) in [5, 5.41) is 40.5. The first-order valence-electron chi connectivity index (χ1n) is 25.7. The molecule has 0 fully saturated rings. The van der Waals surface area contributed by atoms with Gasteiger partial charge in [0.25, 0.3) is 29.5 Å². The van der Waals surface area contributed by atoms with Gasteiger partial charge in [-0.05, 0) is 137 Å². The molecule has 0 amide bonds. The average molecular weight is 1450 g/mol. The third-order valence-corrected chi connectivity index (χ3v) is 18.2. The Morgan fingerprint density at radius 3 is 1.57 bits per heavy atom. The highest BCUT2D eigenvalue weighted by Crippen LogP contribution is 2.34. The van der Waals surface area contributed by atoms with Crippen molar-refractivity contribution in [2.75, 3.05) is 7.05 Å². The van der Waals surface area contributed by atoms with Gasteiger partial charge in [-0.2, -0.15) is 19.7 Å². The van der Waals surface area contributed by atoms with E-state index in [2.05, 4.69) is 102 Å². The Balaban J connectivity index is 0.000000213. The summed E-state index contributed by atoms with van der Waals surface area (Å²) in [6.45, 7) is 22.9. The van der Waals surface area contributed by atoms with Crippen molar-refractivity contribution in [3.63, 3.8) is 0 Å². The molecule has 20 nitrogen and oxygen atoms in total. The quantitative estimate of drug-likeness (QED) is 0.0232. The molecule has 0 bridgehead atoms. The Hall–Kier alpha value is -6.34. The van der Waals surface area contributed by atoms with E-state index in [1.54, 1.807) is 78.9 Å². The molecule has 0 saturated heterocycles. The van der Waals surface area contributed by atoms with Crippen LogP contribution in [0.25, 0.3) is 47.9 Å². The number of alkyl halides is 4. The standard InChI is InChI=1S/C15H12BrN3.C14H18BF2N3O4S.C14H16BrF2N3O2S.C13H14BrN3O2S/c1-18-14-11-6-4-3-5-10(11)7-8-12(14)15(19-2)13(16)9-17;1-14(2,3)25(24)20-11(12(16)17)10-9-6-7(15(22)23)4-5-8(9)13(21)19-18-10;1-14(2,3)23(22)20-11(12(16)17)10-9-6-7(15)4-5-8(9)13(21)19-18-10;1-13(2,3)20(19)15-7-11-10-6-8(14)4-5-9(10)12(18)17-16-11/h3-9H,17H2,2H3;4-6,11-12,20,22-23H,1-3H3,(H,19,21);4-6,11-12,20H,1-3H3,(H,19,21);4-7H,1-3H3,(H,17,18). The van der Waals surface area contributed by atoms with Gasteiger partial charge in [-0.15, -0.1) is 0 Å². The predicted molar refractivity (Wildman–Crippen MR) is 351 cm³/mol. The highest BCUT2D eigenvalue weighted by molar-refractivity contribution is 9.12. The number of rotatable bonds is 13. The van der Waals surface area contributed by atoms with Crippen LogP contribution < -0.4 is 37.3 Å². The second kappa shape index (κ2) is 30.7. The molecule has 3 aromatic heterocycles. The zero-order valence-corrected chi connectivity index (χ0v) is 55.4. The number of aliphatic imine (C=N–C) groups is 1. The van der Waals surface area contributed by atoms with Crippen LogP contribution in [0.5, 0.6) is 0 Å². The van der Waals surface area contributed by atoms with Crippen LogP contribution in [-0.4, -0.2) is 106 Å². The lowest BCUT2D eigenvalue weighted by Gasteiger charge is -2.24. The molecule has 5 unspecified atom stereocenters. The molecule has 0 radical (unpaired) electrons. The first-order chi connectivity index (χ1) is 40.6. The van der Waals surface area contributed by atoms with Crippen molar-refractivity contribution in [1.82, 2.24) is 40.0 Å². The average Bonchev–Trinajstić information content (AvgIpc) is 1.45. The molecule has 3 heterocycles. The molecular weight excluding hydrogens is 1390 g/mol. The van der Waals surface area contributed by atoms with Crippen molar-refractivity contribution < 1.29 is 40.2 Å². The molecule has 31 heteroatoms. The van der Waals surface area contributed by atoms with Gasteiger partial charge in [-0.3, -0.25) is 19.4 Å². The van der Waals surface area contributed by atoms with Gasteiger partial charge in [0.2, 0.25) is 5.69 Å². The Kier molecular flexibility index (Phi) is 25.2. The molecule has 0 saturated carbocycles. The summed E-state index contributed by atoms with van der Waals surface area (Å²) in [6.07, 6.45) is -2.94. The van der Waals surface area contributed by atoms with Crippen LogP contribution in [0.3, 0.4) is 0 Å². The van der Waals surface area contributed by atoms with Crippen molar-refractivity contribution in [3.8, 4) is 0 Å². The Morgan fingerprint density at radius 2 is 1.13 bits per heavy atom. The van der Waals surface area contributed by atoms with E-state index in [-0.39, 0.29) is 44.0 Å². The van der Waals surface area contributed by atoms with Gasteiger partial charge < -0.3 is 15.8 Å². The third-order valence-electron chi connectivity index (χ3n) is 12.0. The topological polar surface area (TPSA) is 308 Å². The van der Waals surface area contributed by atoms with E-state index in [1.807, 2.05) is 57.2 Å². The number of allylic oxidation sites excluding steroid dienone is 1. The maximum Gasteiger partial charge on any atom is 0.488 e. The van der Waals surface area contributed by atoms with E-state index in [0.717, 1.165) is 20.8 Å². The SMILES string of the molecule is CC(C)(C)S(=O)N=Cc1n[nH]c(=O)c2ccc(Br)cc12.CC(C)(C)S(=O)NC(c1n[nH]c(=O)c2ccc(B(O)O)cc12)C(F)F.CC(C)(C)S(=O)NC(c1n[nH]c(=O)c2ccc(Br)cc12)C(F)F.[C-]#[N+]c1c(C(=NC)C(Br)=CN)ccc2ccccc12. The monoisotopic (exact) mass is 1450 g/mol. The van der Waals surface area contributed by atoms with Crippen molar-refractivity contribution in [3.05, 3.63) is 176 Å². The lowest BCUT2D eigenvalue weighted by atomic mass is 9.79. The van der Waals surface area contributed by atoms with Crippen LogP contribution in [0.1, 0.15) is 97.0 Å². The molecule has 0 aliphatic carbocycles. The zero-order chi connectivity index (χ0) is 65.0. The summed E-state index contributed by atoms with van der Waals surface area (Å²) in [7, 11) is -5.04. The number of nitrogens with one attached hydrogen (secondary N) is 5. The minimum atomic E-state index is -2.96. The van der Waals surface area contributed by atoms with Crippen LogP contribution in [0, 0.1) is 6.57 Å². The number of benzene rings is 5. The van der Waals surface area contributed by atoms with Gasteiger partial charge in [-0.25, -0.2) is 59.8 Å². The second-order valence-corrected chi connectivity index (χ2v) is 30.1. The number of halogens is 7. The van der Waals surface area contributed by atoms with E-state index in [1.165, 1.54) is 36.7 Å². The van der Waals surface area contributed by atoms with Gasteiger partial charge in [0.1, 0.15) is 28.8 Å². The molecule has 5 atom stereocenters. The Morgan fingerprint density at radius 1 is 0.667 bits per heavy atom. The van der Waals surface area contributed by atoms with Gasteiger partial charge in [0, 0.05) is 43.9 Å². The summed E-state index contributed by atoms with van der Waals surface area (Å²) in [6, 6.07) is 22.2. The van der Waals surface area contributed by atoms with Crippen molar-refractivity contribution in [2.24, 2.45) is 15.1 Å². The summed E-state index contributed by atoms with van der Waals surface area (Å²) >= 11 is 9.98. The molecule has 9 N–H and O–H groups in total. The first kappa shape index (κ1) is 71.4. The highest BCUT2D eigenvalue weighted by Gasteiger charge is 2.34. The summed E-state index contributed by atoms with van der Waals surface area (Å²) in [5.41, 5.74) is 6.46. The van der Waals surface area contributed by atoms with Crippen LogP contribution in [0.2, 0.25) is 0 Å². The largest absolute Gasteiger partial charge is 0.488 e. The van der Waals surface area contributed by atoms with Gasteiger partial charge in [0.05, 0.1) is 86.7 Å². The fraction of sp³-hybridized carbons (Fsp3) is 0.304. The molecular formula is C56H60BBr3F4N12O8S3. The Bertz CT molecular complexity index is 4230. The third kappa shape index (κ3) is 18.6. The van der Waals surface area contributed by atoms with Crippen molar-refractivity contribution in [1.29, 1.82) is 0 Å². The maximum atomic E-state index is 13.6. The van der Waals surface area contributed by atoms with Gasteiger partial charge >= 0.3 is 7.12 Å². The summed E-state index contributed by atoms with van der Waals surface area (Å²) < 4.78 is 99.5. The predicted octanol–water partition coefficient (Wildman–Crippen LogP) is 9.58. The number of fused-ring (bicyclic) bond motifs is 4. The smallest absolute Gasteiger partial charge is 0.423 e. The van der Waals surface area contributed by atoms with E-state index in [4.69, 9.17) is 12.3 Å². The van der Waals surface area contributed by atoms with E-state index in [0.29, 0.717) is 36.8 Å². The molecule has 462 valence electrons. The number of hydrogen-bond donors (Lipinski definition) is 8. The lowest BCUT2D eigenvalue weighted by molar-refractivity contribution is 0.107. The van der Waals surface area contributed by atoms with Crippen LogP contribution >= 0.6 is 47.8 Å². The molecule has 87 heavy (non-hydrogen) atoms. The summed E-state index contributed by atoms with van der Waals surface area (Å²) in [5.74, 6) is 0. The number of aromatic amines is 3. The van der Waals surface area contributed by atoms with Crippen molar-refractivity contribution >= 4 is 154 Å². The van der Waals surface area contributed by atoms with E-state index < -0.39 is 90.4 Å². The highest BCUT2D eigenvalue weighted by atomic mass is 79.9. The van der Waals surface area contributed by atoms with Crippen LogP contribution in [0.4, 0.5) is 23.2 Å². The minimum absolute atomic E-state index is 0.0195. The number of nitrogens with two attached hydrogens (primary N) is 1. The molecule has 0 aliphatic rings. The maximum absolute atomic E-state index is 13.6. The normalized spacial score (nSPS) is 14.2. The first-order valence-corrected chi connectivity index (χ1v) is 31.5. The second-order valence-electron chi connectivity index (χ2n) is 21.5. The molecule has 8 rings (SSSR count). The van der Waals surface area contributed by atoms with E-state index >= 15 is 0 Å². The van der Waals surface area contributed by atoms with Crippen molar-refractivity contribution in [2.45, 2.75) is 101 Å². The van der Waals surface area contributed by atoms with E-state index in [9.17, 15) is 54.6 Å². The molecule has 8 aromatic rings. The Labute approximate surface area is 530 Å². The van der Waals surface area contributed by atoms with Gasteiger partial charge in [-0.1, -0.05) is 80.4 Å². The number of nitrogens with zero attached hydrogens (tertiary/aromatic N) is 6. The van der Waals surface area contributed by atoms with Crippen LogP contribution in [-0.2, 0) is 33.0 Å². The number of hydrogen-bond acceptors (Lipinski definition) is 13. The van der Waals surface area contributed by atoms with Gasteiger partial charge in [0.15, 0.2) is 0 Å². The molecule has 0 aliphatic heterocycles. The lowest BCUT2D eigenvalue weighted by Crippen LogP contribution is -2.39. The zero-order valence-electron chi connectivity index (χ0n) is 48.2. The fourth-order valence-electron chi connectivity index (χ4n) is 7.55. The molecule has 5 aromatic carbocycles. The number of H-pyrrole nitrogens is 3.